The highest BCUT2D eigenvalue weighted by atomic mass is 79.9. The summed E-state index contributed by atoms with van der Waals surface area (Å²) in [7, 11) is 0. The van der Waals surface area contributed by atoms with E-state index in [4.69, 9.17) is 14.2 Å². The van der Waals surface area contributed by atoms with Crippen molar-refractivity contribution in [1.29, 1.82) is 0 Å². The molecule has 0 heterocycles. The van der Waals surface area contributed by atoms with Gasteiger partial charge in [0.05, 0.1) is 30.2 Å². The zero-order valence-electron chi connectivity index (χ0n) is 22.1. The predicted molar refractivity (Wildman–Crippen MR) is 145 cm³/mol. The molecule has 3 amide bonds. The highest BCUT2D eigenvalue weighted by Gasteiger charge is 2.34. The maximum absolute atomic E-state index is 13.3. The van der Waals surface area contributed by atoms with E-state index in [0.717, 1.165) is 12.1 Å². The molecule has 0 aliphatic heterocycles. The molecular weight excluding hydrogens is 601 g/mol. The summed E-state index contributed by atoms with van der Waals surface area (Å²) in [6.07, 6.45) is -2.77. The number of halogens is 4. The number of ether oxygens (including phenoxy) is 3. The summed E-state index contributed by atoms with van der Waals surface area (Å²) in [5.74, 6) is -2.22. The number of carbonyl (C=O) groups is 3. The lowest BCUT2D eigenvalue weighted by molar-refractivity contribution is -0.139. The maximum Gasteiger partial charge on any atom is 0.418 e. The summed E-state index contributed by atoms with van der Waals surface area (Å²) >= 11 is 2.99. The van der Waals surface area contributed by atoms with Crippen LogP contribution in [0.25, 0.3) is 0 Å². The van der Waals surface area contributed by atoms with Crippen LogP contribution in [0.3, 0.4) is 0 Å². The van der Waals surface area contributed by atoms with E-state index < -0.39 is 41.8 Å². The van der Waals surface area contributed by atoms with Crippen LogP contribution in [0.1, 0.15) is 38.3 Å². The first kappa shape index (κ1) is 32.6. The SMILES string of the molecule is CCOc1cc(/C=N\NC(=O)C(=O)NCCCOC(C)C)ccc1OCC(=O)Nc1ccc(Br)cc1C(F)(F)F. The lowest BCUT2D eigenvalue weighted by Gasteiger charge is -2.15. The number of anilines is 1. The standard InChI is InChI=1S/C26H30BrF3N4O6/c1-4-38-22-12-17(14-32-34-25(37)24(36)31-10-5-11-39-16(2)3)6-9-21(22)40-15-23(35)33-20-8-7-18(27)13-19(20)26(28,29)30/h6-9,12-14,16H,4-5,10-11,15H2,1-3H3,(H,31,36)(H,33,35)(H,34,37)/b32-14-. The van der Waals surface area contributed by atoms with Crippen LogP contribution < -0.4 is 25.5 Å². The second kappa shape index (κ2) is 15.8. The molecule has 0 aliphatic carbocycles. The highest BCUT2D eigenvalue weighted by Crippen LogP contribution is 2.36. The van der Waals surface area contributed by atoms with Gasteiger partial charge < -0.3 is 24.8 Å². The van der Waals surface area contributed by atoms with Gasteiger partial charge in [0.15, 0.2) is 18.1 Å². The number of hydrazone groups is 1. The topological polar surface area (TPSA) is 127 Å². The van der Waals surface area contributed by atoms with Crippen molar-refractivity contribution in [3.8, 4) is 11.5 Å². The van der Waals surface area contributed by atoms with Gasteiger partial charge in [-0.15, -0.1) is 0 Å². The average Bonchev–Trinajstić information content (AvgIpc) is 2.88. The molecule has 0 bridgehead atoms. The van der Waals surface area contributed by atoms with Crippen molar-refractivity contribution in [1.82, 2.24) is 10.7 Å². The lowest BCUT2D eigenvalue weighted by atomic mass is 10.1. The molecule has 0 aliphatic rings. The molecule has 0 fully saturated rings. The summed E-state index contributed by atoms with van der Waals surface area (Å²) in [6.45, 7) is 5.89. The Balaban J connectivity index is 1.94. The number of alkyl halides is 3. The molecule has 0 radical (unpaired) electrons. The van der Waals surface area contributed by atoms with Crippen LogP contribution >= 0.6 is 15.9 Å². The van der Waals surface area contributed by atoms with E-state index in [-0.39, 0.29) is 35.2 Å². The fourth-order valence-corrected chi connectivity index (χ4v) is 3.43. The van der Waals surface area contributed by atoms with Crippen LogP contribution in [0.4, 0.5) is 18.9 Å². The normalized spacial score (nSPS) is 11.4. The van der Waals surface area contributed by atoms with Crippen molar-refractivity contribution in [2.45, 2.75) is 39.5 Å². The smallest absolute Gasteiger partial charge is 0.418 e. The van der Waals surface area contributed by atoms with Crippen LogP contribution in [0, 0.1) is 0 Å². The van der Waals surface area contributed by atoms with Crippen molar-refractivity contribution in [3.63, 3.8) is 0 Å². The Morgan fingerprint density at radius 3 is 2.48 bits per heavy atom. The van der Waals surface area contributed by atoms with E-state index in [1.165, 1.54) is 30.5 Å². The van der Waals surface area contributed by atoms with Crippen LogP contribution in [0.2, 0.25) is 0 Å². The van der Waals surface area contributed by atoms with E-state index in [1.807, 2.05) is 13.8 Å². The first-order valence-electron chi connectivity index (χ1n) is 12.2. The Kier molecular flexibility index (Phi) is 12.9. The molecule has 40 heavy (non-hydrogen) atoms. The third-order valence-corrected chi connectivity index (χ3v) is 5.32. The Bertz CT molecular complexity index is 1210. The Labute approximate surface area is 237 Å². The third kappa shape index (κ3) is 11.2. The quantitative estimate of drug-likeness (QED) is 0.131. The number of rotatable bonds is 13. The summed E-state index contributed by atoms with van der Waals surface area (Å²) < 4.78 is 56.4. The second-order valence-electron chi connectivity index (χ2n) is 8.39. The average molecular weight is 631 g/mol. The van der Waals surface area contributed by atoms with E-state index >= 15 is 0 Å². The van der Waals surface area contributed by atoms with Gasteiger partial charge in [-0.3, -0.25) is 14.4 Å². The van der Waals surface area contributed by atoms with Crippen molar-refractivity contribution < 1.29 is 41.8 Å². The highest BCUT2D eigenvalue weighted by molar-refractivity contribution is 9.10. The van der Waals surface area contributed by atoms with E-state index in [0.29, 0.717) is 18.6 Å². The Hall–Kier alpha value is -3.65. The fraction of sp³-hybridized carbons (Fsp3) is 0.385. The minimum atomic E-state index is -4.67. The minimum Gasteiger partial charge on any atom is -0.490 e. The molecule has 0 atom stereocenters. The third-order valence-electron chi connectivity index (χ3n) is 4.83. The molecule has 0 aromatic heterocycles. The molecule has 3 N–H and O–H groups in total. The largest absolute Gasteiger partial charge is 0.490 e. The van der Waals surface area contributed by atoms with Gasteiger partial charge in [-0.25, -0.2) is 5.43 Å². The zero-order chi connectivity index (χ0) is 29.7. The van der Waals surface area contributed by atoms with Gasteiger partial charge in [-0.2, -0.15) is 18.3 Å². The lowest BCUT2D eigenvalue weighted by Crippen LogP contribution is -2.38. The minimum absolute atomic E-state index is 0.0783. The number of amides is 3. The van der Waals surface area contributed by atoms with E-state index in [1.54, 1.807) is 6.92 Å². The molecule has 2 aromatic carbocycles. The monoisotopic (exact) mass is 630 g/mol. The number of nitrogens with zero attached hydrogens (tertiary/aromatic N) is 1. The van der Waals surface area contributed by atoms with Crippen molar-refractivity contribution in [2.24, 2.45) is 5.10 Å². The molecule has 0 saturated carbocycles. The summed E-state index contributed by atoms with van der Waals surface area (Å²) in [4.78, 5) is 36.0. The fourth-order valence-electron chi connectivity index (χ4n) is 3.07. The van der Waals surface area contributed by atoms with E-state index in [9.17, 15) is 27.6 Å². The molecule has 2 aromatic rings. The van der Waals surface area contributed by atoms with Crippen LogP contribution in [-0.4, -0.2) is 56.4 Å². The summed E-state index contributed by atoms with van der Waals surface area (Å²) in [6, 6.07) is 7.89. The van der Waals surface area contributed by atoms with Crippen molar-refractivity contribution in [2.75, 3.05) is 31.7 Å². The van der Waals surface area contributed by atoms with Gasteiger partial charge in [-0.05, 0) is 69.2 Å². The molecule has 0 unspecified atom stereocenters. The van der Waals surface area contributed by atoms with Gasteiger partial charge in [0.1, 0.15) is 0 Å². The van der Waals surface area contributed by atoms with E-state index in [2.05, 4.69) is 37.1 Å². The number of benzene rings is 2. The predicted octanol–water partition coefficient (Wildman–Crippen LogP) is 4.27. The van der Waals surface area contributed by atoms with Gasteiger partial charge in [0.25, 0.3) is 5.91 Å². The molecule has 218 valence electrons. The Morgan fingerprint density at radius 1 is 1.05 bits per heavy atom. The summed E-state index contributed by atoms with van der Waals surface area (Å²) in [5, 5.41) is 8.41. The molecular formula is C26H30BrF3N4O6. The number of hydrogen-bond donors (Lipinski definition) is 3. The number of carbonyl (C=O) groups excluding carboxylic acids is 3. The number of hydrogen-bond acceptors (Lipinski definition) is 7. The maximum atomic E-state index is 13.3. The van der Waals surface area contributed by atoms with Crippen LogP contribution in [0.15, 0.2) is 46.0 Å². The first-order chi connectivity index (χ1) is 18.9. The zero-order valence-corrected chi connectivity index (χ0v) is 23.6. The van der Waals surface area contributed by atoms with Gasteiger partial charge in [0.2, 0.25) is 0 Å². The van der Waals surface area contributed by atoms with Gasteiger partial charge in [-0.1, -0.05) is 15.9 Å². The molecule has 10 nitrogen and oxygen atoms in total. The van der Waals surface area contributed by atoms with Crippen molar-refractivity contribution in [3.05, 3.63) is 52.0 Å². The van der Waals surface area contributed by atoms with Crippen molar-refractivity contribution >= 4 is 45.6 Å². The molecule has 14 heteroatoms. The van der Waals surface area contributed by atoms with Gasteiger partial charge >= 0.3 is 18.0 Å². The first-order valence-corrected chi connectivity index (χ1v) is 13.0. The molecule has 0 spiro atoms. The molecule has 0 saturated heterocycles. The summed E-state index contributed by atoms with van der Waals surface area (Å²) in [5.41, 5.74) is 1.18. The second-order valence-corrected chi connectivity index (χ2v) is 9.31. The van der Waals surface area contributed by atoms with Gasteiger partial charge in [0, 0.05) is 17.6 Å². The Morgan fingerprint density at radius 2 is 1.80 bits per heavy atom. The van der Waals surface area contributed by atoms with Crippen LogP contribution in [0.5, 0.6) is 11.5 Å². The molecule has 2 rings (SSSR count). The number of nitrogens with one attached hydrogen (secondary N) is 3. The van der Waals surface area contributed by atoms with Crippen LogP contribution in [-0.2, 0) is 25.3 Å².